The van der Waals surface area contributed by atoms with Gasteiger partial charge in [-0.1, -0.05) is 0 Å². The first-order valence-electron chi connectivity index (χ1n) is 7.98. The molecular formula is C18H25N3O5. The number of carbonyl (C=O) groups excluding carboxylic acids is 3. The summed E-state index contributed by atoms with van der Waals surface area (Å²) in [4.78, 5) is 40.1. The first-order chi connectivity index (χ1) is 11.8. The van der Waals surface area contributed by atoms with E-state index in [0.717, 1.165) is 0 Å². The molecule has 1 aromatic rings. The molecule has 0 atom stereocenters. The summed E-state index contributed by atoms with van der Waals surface area (Å²) in [6.45, 7) is 9.94. The van der Waals surface area contributed by atoms with Gasteiger partial charge in [-0.2, -0.15) is 0 Å². The van der Waals surface area contributed by atoms with Gasteiger partial charge in [-0.05, 0) is 65.8 Å². The second-order valence-corrected chi connectivity index (χ2v) is 7.48. The highest BCUT2D eigenvalue weighted by atomic mass is 16.6. The summed E-state index contributed by atoms with van der Waals surface area (Å²) in [6.07, 6.45) is -1.32. The van der Waals surface area contributed by atoms with Gasteiger partial charge >= 0.3 is 12.2 Å². The molecular weight excluding hydrogens is 338 g/mol. The normalized spacial score (nSPS) is 12.3. The summed E-state index contributed by atoms with van der Waals surface area (Å²) in [5, 5.41) is 0. The summed E-state index contributed by atoms with van der Waals surface area (Å²) in [5.74, 6) is -0.410. The number of benzene rings is 1. The Labute approximate surface area is 153 Å². The van der Waals surface area contributed by atoms with Crippen LogP contribution in [0.5, 0.6) is 0 Å². The first-order valence-corrected chi connectivity index (χ1v) is 7.98. The van der Waals surface area contributed by atoms with Gasteiger partial charge in [0.05, 0.1) is 5.69 Å². The van der Waals surface area contributed by atoms with Crippen LogP contribution in [0, 0.1) is 0 Å². The summed E-state index contributed by atoms with van der Waals surface area (Å²) < 4.78 is 10.4. The molecule has 0 aromatic heterocycles. The Morgan fingerprint density at radius 3 is 1.73 bits per heavy atom. The van der Waals surface area contributed by atoms with E-state index in [4.69, 9.17) is 15.2 Å². The van der Waals surface area contributed by atoms with Gasteiger partial charge in [0.1, 0.15) is 17.5 Å². The fourth-order valence-corrected chi connectivity index (χ4v) is 1.69. The molecule has 8 heteroatoms. The smallest absolute Gasteiger partial charge is 0.427 e. The second kappa shape index (κ2) is 7.99. The van der Waals surface area contributed by atoms with Crippen LogP contribution in [0.2, 0.25) is 0 Å². The Kier molecular flexibility index (Phi) is 6.49. The lowest BCUT2D eigenvalue weighted by Crippen LogP contribution is -2.49. The molecule has 0 saturated heterocycles. The molecule has 0 saturated carbocycles. The molecule has 2 N–H and O–H groups in total. The molecule has 0 spiro atoms. The van der Waals surface area contributed by atoms with Gasteiger partial charge in [-0.25, -0.2) is 14.6 Å². The van der Waals surface area contributed by atoms with E-state index in [9.17, 15) is 14.4 Å². The topological polar surface area (TPSA) is 111 Å². The van der Waals surface area contributed by atoms with Crippen LogP contribution in [-0.2, 0) is 9.47 Å². The van der Waals surface area contributed by atoms with Crippen LogP contribution in [0.15, 0.2) is 29.3 Å². The van der Waals surface area contributed by atoms with E-state index in [1.54, 1.807) is 41.5 Å². The number of nitrogens with zero attached hydrogens (tertiary/aromatic N) is 2. The molecule has 0 aliphatic rings. The zero-order valence-corrected chi connectivity index (χ0v) is 15.9. The predicted molar refractivity (Wildman–Crippen MR) is 97.4 cm³/mol. The van der Waals surface area contributed by atoms with E-state index in [-0.39, 0.29) is 0 Å². The van der Waals surface area contributed by atoms with E-state index >= 15 is 0 Å². The number of rotatable bonds is 2. The van der Waals surface area contributed by atoms with E-state index in [1.165, 1.54) is 24.3 Å². The van der Waals surface area contributed by atoms with Crippen molar-refractivity contribution >= 4 is 30.1 Å². The SMILES string of the molecule is CC(C)(C)OC(=O)N(C(=O)OC(C)(C)C)C(N)=Nc1ccc(C=O)cc1. The molecule has 0 aliphatic carbocycles. The van der Waals surface area contributed by atoms with Crippen LogP contribution in [0.3, 0.4) is 0 Å². The standard InChI is InChI=1S/C18H25N3O5/c1-17(2,3)25-15(23)21(16(24)26-18(4,5)6)14(19)20-13-9-7-12(11-22)8-10-13/h7-11H,1-6H3,(H2,19,20). The molecule has 0 aliphatic heterocycles. The van der Waals surface area contributed by atoms with Crippen molar-refractivity contribution in [3.63, 3.8) is 0 Å². The van der Waals surface area contributed by atoms with Gasteiger partial charge in [0, 0.05) is 5.56 Å². The van der Waals surface area contributed by atoms with Crippen LogP contribution in [0.4, 0.5) is 15.3 Å². The number of aliphatic imine (C=N–C) groups is 1. The molecule has 0 unspecified atom stereocenters. The van der Waals surface area contributed by atoms with Crippen molar-refractivity contribution < 1.29 is 23.9 Å². The Balaban J connectivity index is 3.19. The third-order valence-electron chi connectivity index (χ3n) is 2.65. The molecule has 1 rings (SSSR count). The van der Waals surface area contributed by atoms with E-state index < -0.39 is 29.3 Å². The number of hydrogen-bond acceptors (Lipinski definition) is 6. The molecule has 8 nitrogen and oxygen atoms in total. The molecule has 142 valence electrons. The number of amides is 2. The molecule has 1 aromatic carbocycles. The molecule has 0 fully saturated rings. The number of guanidine groups is 1. The summed E-state index contributed by atoms with van der Waals surface area (Å²) in [6, 6.07) is 6.12. The van der Waals surface area contributed by atoms with Crippen molar-refractivity contribution in [2.24, 2.45) is 10.7 Å². The van der Waals surface area contributed by atoms with Crippen molar-refractivity contribution in [2.75, 3.05) is 0 Å². The third-order valence-corrected chi connectivity index (χ3v) is 2.65. The molecule has 2 amide bonds. The number of imide groups is 1. The molecule has 0 heterocycles. The summed E-state index contributed by atoms with van der Waals surface area (Å²) in [5.41, 5.74) is 4.99. The minimum atomic E-state index is -1.00. The second-order valence-electron chi connectivity index (χ2n) is 7.48. The number of carbonyl (C=O) groups is 3. The van der Waals surface area contributed by atoms with Gasteiger partial charge in [-0.3, -0.25) is 4.79 Å². The zero-order valence-electron chi connectivity index (χ0n) is 15.9. The number of ether oxygens (including phenoxy) is 2. The molecule has 0 bridgehead atoms. The lowest BCUT2D eigenvalue weighted by atomic mass is 10.2. The number of aldehydes is 1. The molecule has 0 radical (unpaired) electrons. The van der Waals surface area contributed by atoms with Crippen LogP contribution >= 0.6 is 0 Å². The maximum Gasteiger partial charge on any atom is 0.427 e. The summed E-state index contributed by atoms with van der Waals surface area (Å²) in [7, 11) is 0. The quantitative estimate of drug-likeness (QED) is 0.488. The average Bonchev–Trinajstić information content (AvgIpc) is 2.44. The average molecular weight is 363 g/mol. The Morgan fingerprint density at radius 1 is 0.962 bits per heavy atom. The monoisotopic (exact) mass is 363 g/mol. The van der Waals surface area contributed by atoms with Crippen LogP contribution in [0.25, 0.3) is 0 Å². The van der Waals surface area contributed by atoms with Crippen LogP contribution < -0.4 is 5.73 Å². The van der Waals surface area contributed by atoms with Gasteiger partial charge in [0.2, 0.25) is 5.96 Å². The number of nitrogens with two attached hydrogens (primary N) is 1. The van der Waals surface area contributed by atoms with Crippen molar-refractivity contribution in [2.45, 2.75) is 52.7 Å². The van der Waals surface area contributed by atoms with Crippen molar-refractivity contribution in [1.29, 1.82) is 0 Å². The molecule has 26 heavy (non-hydrogen) atoms. The zero-order chi connectivity index (χ0) is 20.1. The Hall–Kier alpha value is -2.90. The van der Waals surface area contributed by atoms with E-state index in [0.29, 0.717) is 22.4 Å². The highest BCUT2D eigenvalue weighted by Gasteiger charge is 2.34. The predicted octanol–water partition coefficient (Wildman–Crippen LogP) is 3.62. The maximum absolute atomic E-state index is 12.4. The summed E-state index contributed by atoms with van der Waals surface area (Å²) >= 11 is 0. The lowest BCUT2D eigenvalue weighted by molar-refractivity contribution is 0.0145. The maximum atomic E-state index is 12.4. The van der Waals surface area contributed by atoms with Gasteiger partial charge < -0.3 is 15.2 Å². The van der Waals surface area contributed by atoms with Crippen molar-refractivity contribution in [3.05, 3.63) is 29.8 Å². The first kappa shape index (κ1) is 21.1. The van der Waals surface area contributed by atoms with Gasteiger partial charge in [0.15, 0.2) is 0 Å². The van der Waals surface area contributed by atoms with E-state index in [2.05, 4.69) is 4.99 Å². The third kappa shape index (κ3) is 6.92. The fraction of sp³-hybridized carbons (Fsp3) is 0.444. The van der Waals surface area contributed by atoms with Crippen molar-refractivity contribution in [3.8, 4) is 0 Å². The van der Waals surface area contributed by atoms with Crippen molar-refractivity contribution in [1.82, 2.24) is 4.90 Å². The van der Waals surface area contributed by atoms with Gasteiger partial charge in [-0.15, -0.1) is 4.90 Å². The lowest BCUT2D eigenvalue weighted by Gasteiger charge is -2.27. The minimum absolute atomic E-state index is 0.352. The Bertz CT molecular complexity index is 669. The van der Waals surface area contributed by atoms with E-state index in [1.807, 2.05) is 0 Å². The number of hydrogen-bond donors (Lipinski definition) is 1. The van der Waals surface area contributed by atoms with Crippen LogP contribution in [0.1, 0.15) is 51.9 Å². The fourth-order valence-electron chi connectivity index (χ4n) is 1.69. The largest absolute Gasteiger partial charge is 0.443 e. The Morgan fingerprint density at radius 2 is 1.38 bits per heavy atom. The van der Waals surface area contributed by atoms with Crippen LogP contribution in [-0.4, -0.2) is 40.5 Å². The highest BCUT2D eigenvalue weighted by Crippen LogP contribution is 2.17. The minimum Gasteiger partial charge on any atom is -0.443 e. The highest BCUT2D eigenvalue weighted by molar-refractivity contribution is 6.08. The van der Waals surface area contributed by atoms with Gasteiger partial charge in [0.25, 0.3) is 0 Å².